The molecular formula is C22H18N6O. The van der Waals surface area contributed by atoms with Crippen molar-refractivity contribution >= 4 is 39.3 Å². The average Bonchev–Trinajstić information content (AvgIpc) is 3.20. The number of anilines is 1. The van der Waals surface area contributed by atoms with Crippen LogP contribution >= 0.6 is 0 Å². The third kappa shape index (κ3) is 2.84. The van der Waals surface area contributed by atoms with E-state index in [-0.39, 0.29) is 5.91 Å². The second-order valence-corrected chi connectivity index (χ2v) is 6.96. The van der Waals surface area contributed by atoms with Gasteiger partial charge >= 0.3 is 0 Å². The zero-order valence-corrected chi connectivity index (χ0v) is 15.8. The summed E-state index contributed by atoms with van der Waals surface area (Å²) in [4.78, 5) is 28.1. The van der Waals surface area contributed by atoms with Gasteiger partial charge in [-0.05, 0) is 23.8 Å². The van der Waals surface area contributed by atoms with Gasteiger partial charge in [0.25, 0.3) is 5.91 Å². The van der Waals surface area contributed by atoms with Gasteiger partial charge < -0.3 is 10.6 Å². The number of carbonyl (C=O) groups is 1. The van der Waals surface area contributed by atoms with Crippen molar-refractivity contribution in [3.05, 3.63) is 78.2 Å². The molecule has 0 aliphatic heterocycles. The van der Waals surface area contributed by atoms with Crippen molar-refractivity contribution in [3.8, 4) is 0 Å². The topological polar surface area (TPSA) is 89.4 Å². The maximum Gasteiger partial charge on any atom is 0.274 e. The van der Waals surface area contributed by atoms with Crippen molar-refractivity contribution in [3.63, 3.8) is 0 Å². The standard InChI is InChI=1S/C22H18N6O/c1-27(12-15-7-4-6-14-8-5-11-24-19(14)15)21(29)18-13-28-20(25-18)16-9-2-3-10-17(16)26-22(28)23/h2-11,13H,12H2,1H3,(H2,23,26). The van der Waals surface area contributed by atoms with E-state index in [1.54, 1.807) is 28.7 Å². The fraction of sp³-hybridized carbons (Fsp3) is 0.0909. The average molecular weight is 382 g/mol. The molecule has 2 N–H and O–H groups in total. The Bertz CT molecular complexity index is 1390. The van der Waals surface area contributed by atoms with E-state index in [0.717, 1.165) is 27.4 Å². The lowest BCUT2D eigenvalue weighted by Crippen LogP contribution is -2.26. The molecule has 7 nitrogen and oxygen atoms in total. The molecule has 3 aromatic heterocycles. The van der Waals surface area contributed by atoms with Gasteiger partial charge in [0.2, 0.25) is 5.95 Å². The Hall–Kier alpha value is -4.00. The van der Waals surface area contributed by atoms with Crippen molar-refractivity contribution in [2.75, 3.05) is 12.8 Å². The first-order valence-electron chi connectivity index (χ1n) is 9.23. The highest BCUT2D eigenvalue weighted by molar-refractivity contribution is 5.97. The van der Waals surface area contributed by atoms with Crippen molar-refractivity contribution in [2.24, 2.45) is 0 Å². The molecular weight excluding hydrogens is 364 g/mol. The van der Waals surface area contributed by atoms with Crippen molar-refractivity contribution in [2.45, 2.75) is 6.54 Å². The zero-order chi connectivity index (χ0) is 20.0. The molecule has 142 valence electrons. The molecule has 0 bridgehead atoms. The number of carbonyl (C=O) groups excluding carboxylic acids is 1. The highest BCUT2D eigenvalue weighted by Gasteiger charge is 2.19. The summed E-state index contributed by atoms with van der Waals surface area (Å²) in [5, 5.41) is 1.89. The van der Waals surface area contributed by atoms with Crippen LogP contribution in [0, 0.1) is 0 Å². The summed E-state index contributed by atoms with van der Waals surface area (Å²) in [5.41, 5.74) is 9.64. The highest BCUT2D eigenvalue weighted by atomic mass is 16.2. The van der Waals surface area contributed by atoms with E-state index in [9.17, 15) is 4.79 Å². The second kappa shape index (κ2) is 6.56. The smallest absolute Gasteiger partial charge is 0.274 e. The SMILES string of the molecule is CN(Cc1cccc2cccnc12)C(=O)c1cn2c(N)nc3ccccc3c2n1. The van der Waals surface area contributed by atoms with Gasteiger partial charge in [-0.2, -0.15) is 0 Å². The van der Waals surface area contributed by atoms with Gasteiger partial charge in [0.1, 0.15) is 11.3 Å². The highest BCUT2D eigenvalue weighted by Crippen LogP contribution is 2.22. The van der Waals surface area contributed by atoms with Crippen LogP contribution in [0.4, 0.5) is 5.95 Å². The van der Waals surface area contributed by atoms with Crippen LogP contribution in [0.3, 0.4) is 0 Å². The van der Waals surface area contributed by atoms with Crippen LogP contribution in [0.15, 0.2) is 67.0 Å². The summed E-state index contributed by atoms with van der Waals surface area (Å²) >= 11 is 0. The number of para-hydroxylation sites is 2. The van der Waals surface area contributed by atoms with Crippen molar-refractivity contribution in [1.82, 2.24) is 24.3 Å². The monoisotopic (exact) mass is 382 g/mol. The summed E-state index contributed by atoms with van der Waals surface area (Å²) in [6.07, 6.45) is 3.40. The molecule has 0 atom stereocenters. The van der Waals surface area contributed by atoms with Gasteiger partial charge in [-0.1, -0.05) is 36.4 Å². The molecule has 7 heteroatoms. The minimum Gasteiger partial charge on any atom is -0.369 e. The molecule has 0 radical (unpaired) electrons. The van der Waals surface area contributed by atoms with Crippen LogP contribution in [0.1, 0.15) is 16.1 Å². The van der Waals surface area contributed by atoms with Crippen molar-refractivity contribution < 1.29 is 4.79 Å². The largest absolute Gasteiger partial charge is 0.369 e. The Labute approximate surface area is 166 Å². The fourth-order valence-corrected chi connectivity index (χ4v) is 3.60. The van der Waals surface area contributed by atoms with Crippen LogP contribution < -0.4 is 5.73 Å². The molecule has 5 aromatic rings. The maximum atomic E-state index is 13.1. The summed E-state index contributed by atoms with van der Waals surface area (Å²) in [7, 11) is 1.76. The first kappa shape index (κ1) is 17.1. The quantitative estimate of drug-likeness (QED) is 0.517. The predicted molar refractivity (Wildman–Crippen MR) is 112 cm³/mol. The molecule has 2 aromatic carbocycles. The Morgan fingerprint density at radius 2 is 1.90 bits per heavy atom. The predicted octanol–water partition coefficient (Wildman–Crippen LogP) is 3.29. The van der Waals surface area contributed by atoms with E-state index in [4.69, 9.17) is 5.73 Å². The van der Waals surface area contributed by atoms with Gasteiger partial charge in [0.15, 0.2) is 0 Å². The van der Waals surface area contributed by atoms with Crippen LogP contribution in [0.5, 0.6) is 0 Å². The Balaban J connectivity index is 1.52. The Morgan fingerprint density at radius 3 is 2.79 bits per heavy atom. The van der Waals surface area contributed by atoms with E-state index in [0.29, 0.717) is 23.8 Å². The Morgan fingerprint density at radius 1 is 1.07 bits per heavy atom. The van der Waals surface area contributed by atoms with Gasteiger partial charge in [0.05, 0.1) is 11.0 Å². The second-order valence-electron chi connectivity index (χ2n) is 6.96. The molecule has 1 amide bonds. The third-order valence-electron chi connectivity index (χ3n) is 5.02. The summed E-state index contributed by atoms with van der Waals surface area (Å²) in [6.45, 7) is 0.426. The number of nitrogen functional groups attached to an aromatic ring is 1. The number of hydrogen-bond donors (Lipinski definition) is 1. The summed E-state index contributed by atoms with van der Waals surface area (Å²) in [6, 6.07) is 17.5. The number of imidazole rings is 1. The number of hydrogen-bond acceptors (Lipinski definition) is 5. The van der Waals surface area contributed by atoms with Gasteiger partial charge in [-0.15, -0.1) is 0 Å². The molecule has 3 heterocycles. The number of nitrogens with two attached hydrogens (primary N) is 1. The van der Waals surface area contributed by atoms with Crippen molar-refractivity contribution in [1.29, 1.82) is 0 Å². The number of fused-ring (bicyclic) bond motifs is 4. The normalized spacial score (nSPS) is 11.3. The number of rotatable bonds is 3. The van der Waals surface area contributed by atoms with Gasteiger partial charge in [-0.25, -0.2) is 9.97 Å². The van der Waals surface area contributed by atoms with E-state index in [1.807, 2.05) is 54.6 Å². The lowest BCUT2D eigenvalue weighted by Gasteiger charge is -2.16. The van der Waals surface area contributed by atoms with E-state index in [1.165, 1.54) is 0 Å². The molecule has 0 unspecified atom stereocenters. The molecule has 0 aliphatic carbocycles. The molecule has 0 saturated heterocycles. The minimum absolute atomic E-state index is 0.190. The first-order chi connectivity index (χ1) is 14.1. The molecule has 0 saturated carbocycles. The van der Waals surface area contributed by atoms with Crippen LogP contribution in [-0.2, 0) is 6.54 Å². The van der Waals surface area contributed by atoms with E-state index < -0.39 is 0 Å². The number of amides is 1. The van der Waals surface area contributed by atoms with Crippen LogP contribution in [-0.4, -0.2) is 37.2 Å². The molecule has 0 aliphatic rings. The maximum absolute atomic E-state index is 13.1. The van der Waals surface area contributed by atoms with Gasteiger partial charge in [-0.3, -0.25) is 14.2 Å². The third-order valence-corrected chi connectivity index (χ3v) is 5.02. The molecule has 0 spiro atoms. The minimum atomic E-state index is -0.190. The van der Waals surface area contributed by atoms with Crippen LogP contribution in [0.2, 0.25) is 0 Å². The summed E-state index contributed by atoms with van der Waals surface area (Å²) < 4.78 is 1.66. The zero-order valence-electron chi connectivity index (χ0n) is 15.8. The lowest BCUT2D eigenvalue weighted by molar-refractivity contribution is 0.0780. The number of benzene rings is 2. The number of aromatic nitrogens is 4. The molecule has 0 fully saturated rings. The lowest BCUT2D eigenvalue weighted by atomic mass is 10.1. The first-order valence-corrected chi connectivity index (χ1v) is 9.23. The van der Waals surface area contributed by atoms with E-state index >= 15 is 0 Å². The summed E-state index contributed by atoms with van der Waals surface area (Å²) in [5.74, 6) is 0.108. The number of pyridine rings is 1. The van der Waals surface area contributed by atoms with Gasteiger partial charge in [0, 0.05) is 36.8 Å². The van der Waals surface area contributed by atoms with Crippen LogP contribution in [0.25, 0.3) is 27.5 Å². The number of nitrogens with zero attached hydrogens (tertiary/aromatic N) is 5. The molecule has 5 rings (SSSR count). The van der Waals surface area contributed by atoms with E-state index in [2.05, 4.69) is 15.0 Å². The Kier molecular flexibility index (Phi) is 3.87. The fourth-order valence-electron chi connectivity index (χ4n) is 3.60. The molecule has 29 heavy (non-hydrogen) atoms.